The first kappa shape index (κ1) is 19.9. The molecule has 6 nitrogen and oxygen atoms in total. The number of nitrogens with one attached hydrogen (secondary N) is 1. The highest BCUT2D eigenvalue weighted by atomic mass is 16.5. The summed E-state index contributed by atoms with van der Waals surface area (Å²) in [5, 5.41) is 2.81. The molecular weight excluding hydrogens is 368 g/mol. The molecule has 0 saturated heterocycles. The summed E-state index contributed by atoms with van der Waals surface area (Å²) in [5.74, 6) is 0.545. The minimum atomic E-state index is -0.353. The van der Waals surface area contributed by atoms with E-state index in [1.54, 1.807) is 61.5 Å². The monoisotopic (exact) mass is 390 g/mol. The van der Waals surface area contributed by atoms with Gasteiger partial charge in [-0.3, -0.25) is 9.59 Å². The Kier molecular flexibility index (Phi) is 6.14. The Balaban J connectivity index is 1.82. The summed E-state index contributed by atoms with van der Waals surface area (Å²) in [4.78, 5) is 27.1. The van der Waals surface area contributed by atoms with Crippen LogP contribution in [-0.4, -0.2) is 33.1 Å². The molecule has 0 aliphatic heterocycles. The van der Waals surface area contributed by atoms with Crippen LogP contribution >= 0.6 is 0 Å². The number of benzene rings is 3. The molecule has 0 unspecified atom stereocenters. The molecule has 0 bridgehead atoms. The van der Waals surface area contributed by atoms with Crippen molar-refractivity contribution in [2.24, 2.45) is 0 Å². The van der Waals surface area contributed by atoms with E-state index in [0.717, 1.165) is 5.69 Å². The predicted octanol–water partition coefficient (Wildman–Crippen LogP) is 4.23. The Bertz CT molecular complexity index is 1020. The molecule has 1 N–H and O–H groups in total. The molecule has 6 heteroatoms. The lowest BCUT2D eigenvalue weighted by molar-refractivity contribution is 0.0993. The van der Waals surface area contributed by atoms with Crippen molar-refractivity contribution < 1.29 is 19.1 Å². The minimum absolute atomic E-state index is 0.204. The van der Waals surface area contributed by atoms with Gasteiger partial charge in [0.25, 0.3) is 11.8 Å². The van der Waals surface area contributed by atoms with E-state index in [0.29, 0.717) is 28.3 Å². The second-order valence-corrected chi connectivity index (χ2v) is 6.30. The summed E-state index contributed by atoms with van der Waals surface area (Å²) in [6.07, 6.45) is 0. The third kappa shape index (κ3) is 4.55. The standard InChI is InChI=1S/C23H22N2O4/c1-25(18-10-5-4-6-11-18)23(27)17-9-7-8-16(14-17)22(26)24-20-15-19(28-2)12-13-21(20)29-3/h4-15H,1-3H3,(H,24,26). The van der Waals surface area contributed by atoms with Crippen molar-refractivity contribution in [2.75, 3.05) is 31.5 Å². The summed E-state index contributed by atoms with van der Waals surface area (Å²) < 4.78 is 10.5. The molecular formula is C23H22N2O4. The number of hydrogen-bond acceptors (Lipinski definition) is 4. The molecule has 3 aromatic rings. The number of ether oxygens (including phenoxy) is 2. The zero-order chi connectivity index (χ0) is 20.8. The second-order valence-electron chi connectivity index (χ2n) is 6.30. The van der Waals surface area contributed by atoms with E-state index >= 15 is 0 Å². The Morgan fingerprint density at radius 2 is 1.55 bits per heavy atom. The Morgan fingerprint density at radius 1 is 0.828 bits per heavy atom. The fraction of sp³-hybridized carbons (Fsp3) is 0.130. The average Bonchev–Trinajstić information content (AvgIpc) is 2.78. The highest BCUT2D eigenvalue weighted by molar-refractivity contribution is 6.09. The molecule has 148 valence electrons. The van der Waals surface area contributed by atoms with Crippen molar-refractivity contribution in [3.05, 3.63) is 83.9 Å². The maximum Gasteiger partial charge on any atom is 0.258 e. The minimum Gasteiger partial charge on any atom is -0.497 e. The van der Waals surface area contributed by atoms with Gasteiger partial charge >= 0.3 is 0 Å². The van der Waals surface area contributed by atoms with Crippen molar-refractivity contribution in [1.29, 1.82) is 0 Å². The molecule has 0 aliphatic carbocycles. The molecule has 0 spiro atoms. The van der Waals surface area contributed by atoms with Gasteiger partial charge in [-0.05, 0) is 42.5 Å². The van der Waals surface area contributed by atoms with Crippen molar-refractivity contribution >= 4 is 23.2 Å². The molecule has 0 atom stereocenters. The van der Waals surface area contributed by atoms with E-state index in [1.807, 2.05) is 30.3 Å². The average molecular weight is 390 g/mol. The topological polar surface area (TPSA) is 67.9 Å². The molecule has 0 heterocycles. The van der Waals surface area contributed by atoms with Crippen LogP contribution in [0.2, 0.25) is 0 Å². The van der Waals surface area contributed by atoms with Gasteiger partial charge in [0.05, 0.1) is 19.9 Å². The number of hydrogen-bond donors (Lipinski definition) is 1. The van der Waals surface area contributed by atoms with Crippen LogP contribution in [-0.2, 0) is 0 Å². The first-order valence-electron chi connectivity index (χ1n) is 9.00. The fourth-order valence-corrected chi connectivity index (χ4v) is 2.86. The Morgan fingerprint density at radius 3 is 2.24 bits per heavy atom. The maximum atomic E-state index is 12.8. The van der Waals surface area contributed by atoms with Crippen molar-refractivity contribution in [1.82, 2.24) is 0 Å². The van der Waals surface area contributed by atoms with Gasteiger partial charge in [0.15, 0.2) is 0 Å². The first-order valence-corrected chi connectivity index (χ1v) is 9.00. The molecule has 3 aromatic carbocycles. The van der Waals surface area contributed by atoms with E-state index in [1.165, 1.54) is 7.11 Å². The number of rotatable bonds is 6. The van der Waals surface area contributed by atoms with Crippen molar-refractivity contribution in [2.45, 2.75) is 0 Å². The largest absolute Gasteiger partial charge is 0.497 e. The van der Waals surface area contributed by atoms with Gasteiger partial charge in [0.1, 0.15) is 11.5 Å². The molecule has 29 heavy (non-hydrogen) atoms. The van der Waals surface area contributed by atoms with Crippen LogP contribution in [0.25, 0.3) is 0 Å². The number of carbonyl (C=O) groups is 2. The van der Waals surface area contributed by atoms with Gasteiger partial charge in [0, 0.05) is 29.9 Å². The molecule has 0 radical (unpaired) electrons. The zero-order valence-corrected chi connectivity index (χ0v) is 16.5. The van der Waals surface area contributed by atoms with E-state index in [2.05, 4.69) is 5.32 Å². The maximum absolute atomic E-state index is 12.8. The molecule has 3 rings (SSSR count). The van der Waals surface area contributed by atoms with Crippen LogP contribution in [0, 0.1) is 0 Å². The number of nitrogens with zero attached hydrogens (tertiary/aromatic N) is 1. The quantitative estimate of drug-likeness (QED) is 0.684. The lowest BCUT2D eigenvalue weighted by atomic mass is 10.1. The molecule has 0 fully saturated rings. The molecule has 0 saturated carbocycles. The number of para-hydroxylation sites is 1. The Labute approximate surface area is 169 Å². The zero-order valence-electron chi connectivity index (χ0n) is 16.5. The number of carbonyl (C=O) groups excluding carboxylic acids is 2. The highest BCUT2D eigenvalue weighted by Crippen LogP contribution is 2.29. The predicted molar refractivity (Wildman–Crippen MR) is 113 cm³/mol. The van der Waals surface area contributed by atoms with E-state index in [9.17, 15) is 9.59 Å². The third-order valence-corrected chi connectivity index (χ3v) is 4.47. The van der Waals surface area contributed by atoms with Crippen LogP contribution in [0.4, 0.5) is 11.4 Å². The Hall–Kier alpha value is -3.80. The van der Waals surface area contributed by atoms with Gasteiger partial charge in [-0.15, -0.1) is 0 Å². The normalized spacial score (nSPS) is 10.2. The summed E-state index contributed by atoms with van der Waals surface area (Å²) in [7, 11) is 4.77. The van der Waals surface area contributed by atoms with Crippen LogP contribution in [0.3, 0.4) is 0 Å². The lowest BCUT2D eigenvalue weighted by Crippen LogP contribution is -2.26. The molecule has 0 aliphatic rings. The molecule has 2 amide bonds. The number of methoxy groups -OCH3 is 2. The summed E-state index contributed by atoms with van der Waals surface area (Å²) >= 11 is 0. The number of amides is 2. The first-order chi connectivity index (χ1) is 14.0. The second kappa shape index (κ2) is 8.93. The lowest BCUT2D eigenvalue weighted by Gasteiger charge is -2.17. The van der Waals surface area contributed by atoms with Gasteiger partial charge < -0.3 is 19.7 Å². The number of anilines is 2. The van der Waals surface area contributed by atoms with Crippen molar-refractivity contribution in [3.63, 3.8) is 0 Å². The molecule has 0 aromatic heterocycles. The van der Waals surface area contributed by atoms with Gasteiger partial charge in [0.2, 0.25) is 0 Å². The highest BCUT2D eigenvalue weighted by Gasteiger charge is 2.16. The van der Waals surface area contributed by atoms with Gasteiger partial charge in [-0.25, -0.2) is 0 Å². The third-order valence-electron chi connectivity index (χ3n) is 4.47. The van der Waals surface area contributed by atoms with Crippen LogP contribution in [0.15, 0.2) is 72.8 Å². The summed E-state index contributed by atoms with van der Waals surface area (Å²) in [6, 6.07) is 21.0. The van der Waals surface area contributed by atoms with Crippen LogP contribution in [0.1, 0.15) is 20.7 Å². The van der Waals surface area contributed by atoms with Gasteiger partial charge in [-0.1, -0.05) is 24.3 Å². The smallest absolute Gasteiger partial charge is 0.258 e. The van der Waals surface area contributed by atoms with Gasteiger partial charge in [-0.2, -0.15) is 0 Å². The van der Waals surface area contributed by atoms with Crippen LogP contribution < -0.4 is 19.7 Å². The summed E-state index contributed by atoms with van der Waals surface area (Å²) in [6.45, 7) is 0. The van der Waals surface area contributed by atoms with Crippen LogP contribution in [0.5, 0.6) is 11.5 Å². The van der Waals surface area contributed by atoms with E-state index in [-0.39, 0.29) is 11.8 Å². The SMILES string of the molecule is COc1ccc(OC)c(NC(=O)c2cccc(C(=O)N(C)c3ccccc3)c2)c1. The van der Waals surface area contributed by atoms with Crippen molar-refractivity contribution in [3.8, 4) is 11.5 Å². The van der Waals surface area contributed by atoms with E-state index in [4.69, 9.17) is 9.47 Å². The van der Waals surface area contributed by atoms with E-state index < -0.39 is 0 Å². The fourth-order valence-electron chi connectivity index (χ4n) is 2.86. The summed E-state index contributed by atoms with van der Waals surface area (Å²) in [5.41, 5.74) is 2.03.